The van der Waals surface area contributed by atoms with Crippen molar-refractivity contribution in [2.75, 3.05) is 12.4 Å². The quantitative estimate of drug-likeness (QED) is 0.525. The number of anilines is 1. The van der Waals surface area contributed by atoms with Crippen LogP contribution < -0.4 is 14.8 Å². The van der Waals surface area contributed by atoms with Gasteiger partial charge in [-0.25, -0.2) is 0 Å². The Balaban J connectivity index is 1.70. The van der Waals surface area contributed by atoms with E-state index in [2.05, 4.69) is 24.4 Å². The number of hydrogen-bond acceptors (Lipinski definition) is 4. The van der Waals surface area contributed by atoms with Crippen molar-refractivity contribution in [3.63, 3.8) is 0 Å². The lowest BCUT2D eigenvalue weighted by Gasteiger charge is -2.15. The van der Waals surface area contributed by atoms with Crippen LogP contribution in [0.3, 0.4) is 0 Å². The summed E-state index contributed by atoms with van der Waals surface area (Å²) in [6, 6.07) is 18.7. The number of rotatable bonds is 7. The zero-order chi connectivity index (χ0) is 19.2. The van der Waals surface area contributed by atoms with Crippen molar-refractivity contribution in [3.8, 4) is 17.2 Å². The van der Waals surface area contributed by atoms with Crippen molar-refractivity contribution >= 4 is 17.3 Å². The zero-order valence-corrected chi connectivity index (χ0v) is 16.1. The molecule has 0 saturated heterocycles. The molecule has 0 heterocycles. The van der Waals surface area contributed by atoms with Crippen molar-refractivity contribution in [1.82, 2.24) is 0 Å². The predicted molar refractivity (Wildman–Crippen MR) is 109 cm³/mol. The van der Waals surface area contributed by atoms with Gasteiger partial charge in [0.1, 0.15) is 12.4 Å². The van der Waals surface area contributed by atoms with Crippen LogP contribution in [-0.2, 0) is 13.2 Å². The lowest BCUT2D eigenvalue weighted by atomic mass is 10.1. The maximum absolute atomic E-state index is 9.35. The maximum Gasteiger partial charge on any atom is 0.163 e. The van der Waals surface area contributed by atoms with Crippen molar-refractivity contribution < 1.29 is 14.6 Å². The van der Waals surface area contributed by atoms with Crippen LogP contribution in [0.5, 0.6) is 17.2 Å². The van der Waals surface area contributed by atoms with E-state index in [1.807, 2.05) is 18.2 Å². The molecule has 0 spiro atoms. The molecule has 3 aromatic rings. The minimum absolute atomic E-state index is 0.232. The molecule has 5 heteroatoms. The molecule has 0 aliphatic rings. The van der Waals surface area contributed by atoms with Crippen LogP contribution in [0.25, 0.3) is 0 Å². The van der Waals surface area contributed by atoms with Gasteiger partial charge < -0.3 is 19.9 Å². The SMILES string of the molecule is COc1cc(CNc2ccc(O)cc2)c(Cl)cc1OCc1ccc(C)cc1. The molecule has 0 aromatic heterocycles. The fourth-order valence-electron chi connectivity index (χ4n) is 2.61. The Labute approximate surface area is 164 Å². The highest BCUT2D eigenvalue weighted by Gasteiger charge is 2.11. The molecule has 3 rings (SSSR count). The normalized spacial score (nSPS) is 10.5. The number of halogens is 1. The first-order chi connectivity index (χ1) is 13.0. The minimum atomic E-state index is 0.232. The summed E-state index contributed by atoms with van der Waals surface area (Å²) in [6.45, 7) is 3.02. The average molecular weight is 384 g/mol. The molecule has 0 aliphatic heterocycles. The second-order valence-corrected chi connectivity index (χ2v) is 6.68. The van der Waals surface area contributed by atoms with Crippen LogP contribution in [0.1, 0.15) is 16.7 Å². The standard InChI is InChI=1S/C22H22ClNO3/c1-15-3-5-16(6-4-15)14-27-22-12-20(23)17(11-21(22)26-2)13-24-18-7-9-19(25)10-8-18/h3-12,24-25H,13-14H2,1-2H3. The molecule has 0 unspecified atom stereocenters. The molecule has 0 bridgehead atoms. The van der Waals surface area contributed by atoms with Gasteiger partial charge in [-0.3, -0.25) is 0 Å². The summed E-state index contributed by atoms with van der Waals surface area (Å²) in [5, 5.41) is 13.2. The summed E-state index contributed by atoms with van der Waals surface area (Å²) in [7, 11) is 1.61. The molecule has 0 aliphatic carbocycles. The molecular weight excluding hydrogens is 362 g/mol. The van der Waals surface area contributed by atoms with Crippen molar-refractivity contribution in [2.45, 2.75) is 20.1 Å². The number of phenolic OH excluding ortho intramolecular Hbond substituents is 1. The highest BCUT2D eigenvalue weighted by Crippen LogP contribution is 2.34. The van der Waals surface area contributed by atoms with E-state index in [-0.39, 0.29) is 5.75 Å². The Kier molecular flexibility index (Phi) is 6.09. The van der Waals surface area contributed by atoms with Gasteiger partial charge in [0.05, 0.1) is 7.11 Å². The maximum atomic E-state index is 9.35. The molecule has 0 atom stereocenters. The second-order valence-electron chi connectivity index (χ2n) is 6.27. The van der Waals surface area contributed by atoms with Crippen molar-refractivity contribution in [3.05, 3.63) is 82.4 Å². The summed E-state index contributed by atoms with van der Waals surface area (Å²) in [6.07, 6.45) is 0. The van der Waals surface area contributed by atoms with Gasteiger partial charge in [0.25, 0.3) is 0 Å². The van der Waals surface area contributed by atoms with Crippen molar-refractivity contribution in [2.24, 2.45) is 0 Å². The number of aryl methyl sites for hydroxylation is 1. The molecule has 27 heavy (non-hydrogen) atoms. The van der Waals surface area contributed by atoms with Crippen LogP contribution in [0.4, 0.5) is 5.69 Å². The summed E-state index contributed by atoms with van der Waals surface area (Å²) >= 11 is 6.44. The molecular formula is C22H22ClNO3. The number of hydrogen-bond donors (Lipinski definition) is 2. The van der Waals surface area contributed by atoms with Crippen molar-refractivity contribution in [1.29, 1.82) is 0 Å². The lowest BCUT2D eigenvalue weighted by Crippen LogP contribution is -2.03. The zero-order valence-electron chi connectivity index (χ0n) is 15.3. The molecule has 0 saturated carbocycles. The second kappa shape index (κ2) is 8.69. The molecule has 3 aromatic carbocycles. The van der Waals surface area contributed by atoms with Gasteiger partial charge >= 0.3 is 0 Å². The monoisotopic (exact) mass is 383 g/mol. The number of aromatic hydroxyl groups is 1. The highest BCUT2D eigenvalue weighted by atomic mass is 35.5. The topological polar surface area (TPSA) is 50.7 Å². The van der Waals surface area contributed by atoms with E-state index in [0.29, 0.717) is 29.7 Å². The van der Waals surface area contributed by atoms with E-state index in [9.17, 15) is 5.11 Å². The van der Waals surface area contributed by atoms with E-state index in [1.165, 1.54) is 5.56 Å². The highest BCUT2D eigenvalue weighted by molar-refractivity contribution is 6.31. The first-order valence-corrected chi connectivity index (χ1v) is 9.00. The van der Waals surface area contributed by atoms with Crippen LogP contribution >= 0.6 is 11.6 Å². The van der Waals surface area contributed by atoms with Gasteiger partial charge in [-0.05, 0) is 48.4 Å². The largest absolute Gasteiger partial charge is 0.508 e. The van der Waals surface area contributed by atoms with Gasteiger partial charge in [0.15, 0.2) is 11.5 Å². The lowest BCUT2D eigenvalue weighted by molar-refractivity contribution is 0.284. The number of nitrogens with one attached hydrogen (secondary N) is 1. The fourth-order valence-corrected chi connectivity index (χ4v) is 2.83. The molecule has 2 N–H and O–H groups in total. The van der Waals surface area contributed by atoms with E-state index in [4.69, 9.17) is 21.1 Å². The fraction of sp³-hybridized carbons (Fsp3) is 0.182. The molecule has 0 amide bonds. The number of ether oxygens (including phenoxy) is 2. The van der Waals surface area contributed by atoms with Gasteiger partial charge in [0, 0.05) is 23.3 Å². The average Bonchev–Trinajstić information content (AvgIpc) is 2.68. The Bertz CT molecular complexity index is 893. The Morgan fingerprint density at radius 1 is 0.963 bits per heavy atom. The summed E-state index contributed by atoms with van der Waals surface area (Å²) in [5.41, 5.74) is 4.08. The van der Waals surface area contributed by atoms with Gasteiger partial charge in [-0.2, -0.15) is 0 Å². The summed E-state index contributed by atoms with van der Waals surface area (Å²) < 4.78 is 11.4. The van der Waals surface area contributed by atoms with E-state index in [1.54, 1.807) is 37.4 Å². The van der Waals surface area contributed by atoms with E-state index in [0.717, 1.165) is 16.8 Å². The molecule has 140 valence electrons. The van der Waals surface area contributed by atoms with Crippen LogP contribution in [0.15, 0.2) is 60.7 Å². The third kappa shape index (κ3) is 5.08. The Morgan fingerprint density at radius 3 is 2.33 bits per heavy atom. The van der Waals surface area contributed by atoms with Crippen LogP contribution in [0, 0.1) is 6.92 Å². The summed E-state index contributed by atoms with van der Waals surface area (Å²) in [5.74, 6) is 1.47. The van der Waals surface area contributed by atoms with E-state index >= 15 is 0 Å². The first-order valence-electron chi connectivity index (χ1n) is 8.63. The number of benzene rings is 3. The van der Waals surface area contributed by atoms with E-state index < -0.39 is 0 Å². The third-order valence-corrected chi connectivity index (χ3v) is 4.55. The minimum Gasteiger partial charge on any atom is -0.508 e. The first kappa shape index (κ1) is 18.9. The van der Waals surface area contributed by atoms with Gasteiger partial charge in [-0.1, -0.05) is 41.4 Å². The number of phenols is 1. The smallest absolute Gasteiger partial charge is 0.163 e. The van der Waals surface area contributed by atoms with Gasteiger partial charge in [0.2, 0.25) is 0 Å². The number of methoxy groups -OCH3 is 1. The molecule has 0 fully saturated rings. The Hall–Kier alpha value is -2.85. The molecule has 4 nitrogen and oxygen atoms in total. The molecule has 0 radical (unpaired) electrons. The van der Waals surface area contributed by atoms with Crippen LogP contribution in [-0.4, -0.2) is 12.2 Å². The predicted octanol–water partition coefficient (Wildman–Crippen LogP) is 5.55. The van der Waals surface area contributed by atoms with Crippen LogP contribution in [0.2, 0.25) is 5.02 Å². The summed E-state index contributed by atoms with van der Waals surface area (Å²) in [4.78, 5) is 0. The van der Waals surface area contributed by atoms with Gasteiger partial charge in [-0.15, -0.1) is 0 Å². The third-order valence-electron chi connectivity index (χ3n) is 4.20. The Morgan fingerprint density at radius 2 is 1.67 bits per heavy atom.